The van der Waals surface area contributed by atoms with Gasteiger partial charge in [0.1, 0.15) is 0 Å². The van der Waals surface area contributed by atoms with Crippen LogP contribution in [-0.4, -0.2) is 24.9 Å². The fourth-order valence-corrected chi connectivity index (χ4v) is 3.08. The summed E-state index contributed by atoms with van der Waals surface area (Å²) in [5, 5.41) is 10.8. The molecule has 2 aromatic rings. The first kappa shape index (κ1) is 16.7. The van der Waals surface area contributed by atoms with Gasteiger partial charge in [-0.25, -0.2) is 0 Å². The number of hydrogen-bond donors (Lipinski definition) is 3. The van der Waals surface area contributed by atoms with Gasteiger partial charge in [-0.05, 0) is 48.9 Å². The Morgan fingerprint density at radius 1 is 1.00 bits per heavy atom. The lowest BCUT2D eigenvalue weighted by Gasteiger charge is -2.12. The SMILES string of the molecule is O=C(CNCC1CC1)Nc1ccccc1NC(=O)Cc1cccs1. The summed E-state index contributed by atoms with van der Waals surface area (Å²) in [4.78, 5) is 25.2. The second-order valence-electron chi connectivity index (χ2n) is 5.97. The summed E-state index contributed by atoms with van der Waals surface area (Å²) < 4.78 is 0. The molecule has 0 atom stereocenters. The van der Waals surface area contributed by atoms with E-state index in [1.165, 1.54) is 12.8 Å². The molecule has 1 fully saturated rings. The van der Waals surface area contributed by atoms with Crippen LogP contribution in [0.15, 0.2) is 41.8 Å². The molecule has 0 aliphatic heterocycles. The minimum Gasteiger partial charge on any atom is -0.324 e. The highest BCUT2D eigenvalue weighted by Gasteiger charge is 2.20. The normalized spacial score (nSPS) is 13.5. The van der Waals surface area contributed by atoms with Crippen LogP contribution in [0.2, 0.25) is 0 Å². The molecular weight excluding hydrogens is 322 g/mol. The quantitative estimate of drug-likeness (QED) is 0.690. The van der Waals surface area contributed by atoms with Gasteiger partial charge in [-0.15, -0.1) is 11.3 Å². The van der Waals surface area contributed by atoms with E-state index in [4.69, 9.17) is 0 Å². The summed E-state index contributed by atoms with van der Waals surface area (Å²) in [5.41, 5.74) is 1.24. The summed E-state index contributed by atoms with van der Waals surface area (Å²) >= 11 is 1.55. The lowest BCUT2D eigenvalue weighted by molar-refractivity contribution is -0.116. The number of amides is 2. The Bertz CT molecular complexity index is 696. The molecular formula is C18H21N3O2S. The summed E-state index contributed by atoms with van der Waals surface area (Å²) in [6, 6.07) is 11.1. The van der Waals surface area contributed by atoms with Gasteiger partial charge in [-0.3, -0.25) is 9.59 Å². The number of para-hydroxylation sites is 2. The van der Waals surface area contributed by atoms with Crippen LogP contribution in [-0.2, 0) is 16.0 Å². The van der Waals surface area contributed by atoms with Crippen molar-refractivity contribution in [1.82, 2.24) is 5.32 Å². The molecule has 1 saturated carbocycles. The average Bonchev–Trinajstić information content (AvgIpc) is 3.24. The van der Waals surface area contributed by atoms with Crippen molar-refractivity contribution >= 4 is 34.5 Å². The van der Waals surface area contributed by atoms with Crippen LogP contribution in [0.4, 0.5) is 11.4 Å². The zero-order valence-electron chi connectivity index (χ0n) is 13.4. The Hall–Kier alpha value is -2.18. The Morgan fingerprint density at radius 3 is 2.33 bits per heavy atom. The minimum absolute atomic E-state index is 0.0917. The van der Waals surface area contributed by atoms with Gasteiger partial charge in [0.25, 0.3) is 0 Å². The highest BCUT2D eigenvalue weighted by molar-refractivity contribution is 7.10. The number of thiophene rings is 1. The average molecular weight is 343 g/mol. The third kappa shape index (κ3) is 5.18. The fraction of sp³-hybridized carbons (Fsp3) is 0.333. The van der Waals surface area contributed by atoms with Crippen molar-refractivity contribution in [3.8, 4) is 0 Å². The summed E-state index contributed by atoms with van der Waals surface area (Å²) in [5.74, 6) is 0.545. The standard InChI is InChI=1S/C18H21N3O2S/c22-17(10-14-4-3-9-24-14)20-15-5-1-2-6-16(15)21-18(23)12-19-11-13-7-8-13/h1-6,9,13,19H,7-8,10-12H2,(H,20,22)(H,21,23). The molecule has 126 valence electrons. The molecule has 24 heavy (non-hydrogen) atoms. The van der Waals surface area contributed by atoms with Gasteiger partial charge in [0.2, 0.25) is 11.8 Å². The zero-order chi connectivity index (χ0) is 16.8. The summed E-state index contributed by atoms with van der Waals surface area (Å²) in [6.45, 7) is 1.18. The lowest BCUT2D eigenvalue weighted by Crippen LogP contribution is -2.29. The second-order valence-corrected chi connectivity index (χ2v) is 7.00. The molecule has 1 heterocycles. The molecule has 6 heteroatoms. The monoisotopic (exact) mass is 343 g/mol. The van der Waals surface area contributed by atoms with E-state index in [1.54, 1.807) is 23.5 Å². The van der Waals surface area contributed by atoms with Crippen LogP contribution in [0, 0.1) is 5.92 Å². The van der Waals surface area contributed by atoms with Crippen LogP contribution in [0.25, 0.3) is 0 Å². The number of rotatable bonds is 8. The van der Waals surface area contributed by atoms with Crippen molar-refractivity contribution < 1.29 is 9.59 Å². The minimum atomic E-state index is -0.101. The van der Waals surface area contributed by atoms with Crippen LogP contribution < -0.4 is 16.0 Å². The maximum Gasteiger partial charge on any atom is 0.238 e. The predicted molar refractivity (Wildman–Crippen MR) is 97.3 cm³/mol. The number of carbonyl (C=O) groups is 2. The number of hydrogen-bond acceptors (Lipinski definition) is 4. The molecule has 5 nitrogen and oxygen atoms in total. The number of anilines is 2. The maximum absolute atomic E-state index is 12.1. The zero-order valence-corrected chi connectivity index (χ0v) is 14.2. The van der Waals surface area contributed by atoms with Crippen molar-refractivity contribution in [3.05, 3.63) is 46.7 Å². The molecule has 3 N–H and O–H groups in total. The van der Waals surface area contributed by atoms with Gasteiger partial charge >= 0.3 is 0 Å². The molecule has 3 rings (SSSR count). The van der Waals surface area contributed by atoms with E-state index >= 15 is 0 Å². The smallest absolute Gasteiger partial charge is 0.238 e. The van der Waals surface area contributed by atoms with Crippen molar-refractivity contribution in [2.75, 3.05) is 23.7 Å². The largest absolute Gasteiger partial charge is 0.324 e. The van der Waals surface area contributed by atoms with Crippen molar-refractivity contribution in [2.24, 2.45) is 5.92 Å². The highest BCUT2D eigenvalue weighted by atomic mass is 32.1. The van der Waals surface area contributed by atoms with Crippen molar-refractivity contribution in [2.45, 2.75) is 19.3 Å². The predicted octanol–water partition coefficient (Wildman–Crippen LogP) is 2.87. The van der Waals surface area contributed by atoms with Crippen molar-refractivity contribution in [3.63, 3.8) is 0 Å². The third-order valence-electron chi connectivity index (χ3n) is 3.81. The second kappa shape index (κ2) is 8.08. The van der Waals surface area contributed by atoms with Crippen LogP contribution >= 0.6 is 11.3 Å². The van der Waals surface area contributed by atoms with Gasteiger partial charge in [-0.2, -0.15) is 0 Å². The van der Waals surface area contributed by atoms with E-state index in [2.05, 4.69) is 16.0 Å². The molecule has 0 unspecified atom stereocenters. The summed E-state index contributed by atoms with van der Waals surface area (Å²) in [7, 11) is 0. The Kier molecular flexibility index (Phi) is 5.61. The molecule has 1 aliphatic rings. The molecule has 2 amide bonds. The van der Waals surface area contributed by atoms with Gasteiger partial charge < -0.3 is 16.0 Å². The molecule has 0 bridgehead atoms. The van der Waals surface area contributed by atoms with Crippen molar-refractivity contribution in [1.29, 1.82) is 0 Å². The number of nitrogens with one attached hydrogen (secondary N) is 3. The van der Waals surface area contributed by atoms with E-state index in [0.29, 0.717) is 17.8 Å². The Morgan fingerprint density at radius 2 is 1.71 bits per heavy atom. The van der Waals surface area contributed by atoms with E-state index in [0.717, 1.165) is 17.3 Å². The van der Waals surface area contributed by atoms with E-state index in [-0.39, 0.29) is 18.4 Å². The Labute approximate surface area is 145 Å². The first-order valence-corrected chi connectivity index (χ1v) is 9.00. The summed E-state index contributed by atoms with van der Waals surface area (Å²) in [6.07, 6.45) is 2.85. The van der Waals surface area contributed by atoms with Gasteiger partial charge in [0.15, 0.2) is 0 Å². The molecule has 0 radical (unpaired) electrons. The molecule has 0 saturated heterocycles. The molecule has 1 aromatic heterocycles. The van der Waals surface area contributed by atoms with E-state index in [1.807, 2.05) is 29.6 Å². The molecule has 1 aliphatic carbocycles. The van der Waals surface area contributed by atoms with Gasteiger partial charge in [-0.1, -0.05) is 18.2 Å². The molecule has 0 spiro atoms. The fourth-order valence-electron chi connectivity index (χ4n) is 2.37. The van der Waals surface area contributed by atoms with Crippen LogP contribution in [0.3, 0.4) is 0 Å². The Balaban J connectivity index is 1.53. The number of carbonyl (C=O) groups excluding carboxylic acids is 2. The van der Waals surface area contributed by atoms with E-state index in [9.17, 15) is 9.59 Å². The topological polar surface area (TPSA) is 70.2 Å². The molecule has 1 aromatic carbocycles. The lowest BCUT2D eigenvalue weighted by atomic mass is 10.2. The van der Waals surface area contributed by atoms with Crippen LogP contribution in [0.5, 0.6) is 0 Å². The van der Waals surface area contributed by atoms with Crippen LogP contribution in [0.1, 0.15) is 17.7 Å². The van der Waals surface area contributed by atoms with E-state index < -0.39 is 0 Å². The van der Waals surface area contributed by atoms with Gasteiger partial charge in [0, 0.05) is 4.88 Å². The number of benzene rings is 1. The highest BCUT2D eigenvalue weighted by Crippen LogP contribution is 2.27. The maximum atomic E-state index is 12.1. The third-order valence-corrected chi connectivity index (χ3v) is 4.68. The first-order valence-electron chi connectivity index (χ1n) is 8.12. The first-order chi connectivity index (χ1) is 11.7. The van der Waals surface area contributed by atoms with Gasteiger partial charge in [0.05, 0.1) is 24.3 Å².